The molecule has 0 aromatic carbocycles. The quantitative estimate of drug-likeness (QED) is 0.546. The van der Waals surface area contributed by atoms with Gasteiger partial charge in [-0.05, 0) is 30.6 Å². The largest absolute Gasteiger partial charge is 0.327 e. The van der Waals surface area contributed by atoms with Gasteiger partial charge in [-0.1, -0.05) is 20.8 Å². The highest BCUT2D eigenvalue weighted by Crippen LogP contribution is 2.31. The summed E-state index contributed by atoms with van der Waals surface area (Å²) in [5.41, 5.74) is 5.99. The molecule has 1 fully saturated rings. The van der Waals surface area contributed by atoms with Crippen LogP contribution in [0, 0.1) is 24.2 Å². The summed E-state index contributed by atoms with van der Waals surface area (Å²) in [6.45, 7) is 6.75. The second kappa shape index (κ2) is 2.91. The van der Waals surface area contributed by atoms with E-state index in [0.717, 1.165) is 0 Å². The van der Waals surface area contributed by atoms with Gasteiger partial charge in [-0.2, -0.15) is 0 Å². The molecule has 1 saturated carbocycles. The van der Waals surface area contributed by atoms with Crippen LogP contribution in [0.25, 0.3) is 0 Å². The molecule has 4 unspecified atom stereocenters. The van der Waals surface area contributed by atoms with Crippen molar-refractivity contribution in [2.24, 2.45) is 23.5 Å². The van der Waals surface area contributed by atoms with Crippen molar-refractivity contribution in [2.75, 3.05) is 0 Å². The highest BCUT2D eigenvalue weighted by Gasteiger charge is 2.29. The first-order chi connectivity index (χ1) is 4.63. The zero-order valence-electron chi connectivity index (χ0n) is 7.17. The third-order valence-electron chi connectivity index (χ3n) is 2.97. The van der Waals surface area contributed by atoms with Crippen LogP contribution in [0.15, 0.2) is 0 Å². The fraction of sp³-hybridized carbons (Fsp3) is 0.889. The normalized spacial score (nSPS) is 49.2. The Bertz CT molecular complexity index is 97.3. The molecule has 1 radical (unpaired) electrons. The highest BCUT2D eigenvalue weighted by molar-refractivity contribution is 4.92. The fourth-order valence-electron chi connectivity index (χ4n) is 1.67. The SMILES string of the molecule is CC1[CH]CC(C)C(N)C1C. The predicted molar refractivity (Wildman–Crippen MR) is 44.4 cm³/mol. The Morgan fingerprint density at radius 2 is 1.90 bits per heavy atom. The van der Waals surface area contributed by atoms with E-state index in [0.29, 0.717) is 23.8 Å². The molecule has 1 nitrogen and oxygen atoms in total. The van der Waals surface area contributed by atoms with Gasteiger partial charge in [0.05, 0.1) is 0 Å². The topological polar surface area (TPSA) is 26.0 Å². The Morgan fingerprint density at radius 3 is 2.40 bits per heavy atom. The Hall–Kier alpha value is -0.0400. The van der Waals surface area contributed by atoms with E-state index in [1.165, 1.54) is 6.42 Å². The lowest BCUT2D eigenvalue weighted by atomic mass is 9.73. The van der Waals surface area contributed by atoms with Gasteiger partial charge in [-0.15, -0.1) is 0 Å². The van der Waals surface area contributed by atoms with E-state index < -0.39 is 0 Å². The average molecular weight is 140 g/mol. The summed E-state index contributed by atoms with van der Waals surface area (Å²) in [5.74, 6) is 2.07. The van der Waals surface area contributed by atoms with Gasteiger partial charge >= 0.3 is 0 Å². The summed E-state index contributed by atoms with van der Waals surface area (Å²) in [4.78, 5) is 0. The lowest BCUT2D eigenvalue weighted by Crippen LogP contribution is -2.42. The van der Waals surface area contributed by atoms with E-state index in [2.05, 4.69) is 27.2 Å². The summed E-state index contributed by atoms with van der Waals surface area (Å²) in [7, 11) is 0. The number of hydrogen-bond acceptors (Lipinski definition) is 1. The van der Waals surface area contributed by atoms with Crippen LogP contribution in [-0.2, 0) is 0 Å². The van der Waals surface area contributed by atoms with Gasteiger partial charge in [0, 0.05) is 6.04 Å². The number of rotatable bonds is 0. The summed E-state index contributed by atoms with van der Waals surface area (Å²) >= 11 is 0. The molecule has 0 heterocycles. The van der Waals surface area contributed by atoms with Gasteiger partial charge in [0.15, 0.2) is 0 Å². The maximum atomic E-state index is 5.99. The molecule has 0 saturated heterocycles. The van der Waals surface area contributed by atoms with Gasteiger partial charge in [0.1, 0.15) is 0 Å². The van der Waals surface area contributed by atoms with E-state index in [1.54, 1.807) is 0 Å². The Morgan fingerprint density at radius 1 is 1.30 bits per heavy atom. The molecule has 0 amide bonds. The molecule has 0 spiro atoms. The van der Waals surface area contributed by atoms with Crippen LogP contribution >= 0.6 is 0 Å². The van der Waals surface area contributed by atoms with Crippen molar-refractivity contribution >= 4 is 0 Å². The zero-order chi connectivity index (χ0) is 7.72. The van der Waals surface area contributed by atoms with Crippen LogP contribution in [0.1, 0.15) is 27.2 Å². The number of nitrogens with two attached hydrogens (primary N) is 1. The fourth-order valence-corrected chi connectivity index (χ4v) is 1.67. The van der Waals surface area contributed by atoms with Gasteiger partial charge in [-0.25, -0.2) is 0 Å². The first kappa shape index (κ1) is 8.06. The average Bonchev–Trinajstić information content (AvgIpc) is 1.93. The molecule has 0 aromatic rings. The van der Waals surface area contributed by atoms with E-state index >= 15 is 0 Å². The first-order valence-electron chi connectivity index (χ1n) is 4.22. The molecule has 1 aliphatic rings. The van der Waals surface area contributed by atoms with Crippen molar-refractivity contribution in [3.05, 3.63) is 6.42 Å². The van der Waals surface area contributed by atoms with Crippen LogP contribution in [-0.4, -0.2) is 6.04 Å². The standard InChI is InChI=1S/C9H18N/c1-6-4-5-7(2)9(10)8(6)3/h4,6-9H,5,10H2,1-3H3. The van der Waals surface area contributed by atoms with Crippen LogP contribution < -0.4 is 5.73 Å². The van der Waals surface area contributed by atoms with Gasteiger partial charge < -0.3 is 5.73 Å². The maximum absolute atomic E-state index is 5.99. The molecule has 0 aliphatic heterocycles. The maximum Gasteiger partial charge on any atom is 0.00931 e. The molecule has 2 N–H and O–H groups in total. The van der Waals surface area contributed by atoms with Crippen molar-refractivity contribution in [3.8, 4) is 0 Å². The predicted octanol–water partition coefficient (Wildman–Crippen LogP) is 1.83. The smallest absolute Gasteiger partial charge is 0.00931 e. The summed E-state index contributed by atoms with van der Waals surface area (Å²) in [6.07, 6.45) is 3.60. The minimum Gasteiger partial charge on any atom is -0.327 e. The van der Waals surface area contributed by atoms with Crippen LogP contribution in [0.2, 0.25) is 0 Å². The monoisotopic (exact) mass is 140 g/mol. The minimum absolute atomic E-state index is 0.417. The van der Waals surface area contributed by atoms with Crippen molar-refractivity contribution in [2.45, 2.75) is 33.2 Å². The molecule has 0 bridgehead atoms. The molecular weight excluding hydrogens is 122 g/mol. The third-order valence-corrected chi connectivity index (χ3v) is 2.97. The molecular formula is C9H18N. The van der Waals surface area contributed by atoms with E-state index in [1.807, 2.05) is 0 Å². The summed E-state index contributed by atoms with van der Waals surface area (Å²) in [5, 5.41) is 0. The Kier molecular flexibility index (Phi) is 2.35. The molecule has 59 valence electrons. The highest BCUT2D eigenvalue weighted by atomic mass is 14.7. The van der Waals surface area contributed by atoms with Gasteiger partial charge in [-0.3, -0.25) is 0 Å². The van der Waals surface area contributed by atoms with Crippen molar-refractivity contribution in [1.82, 2.24) is 0 Å². The van der Waals surface area contributed by atoms with E-state index in [-0.39, 0.29) is 0 Å². The minimum atomic E-state index is 0.417. The van der Waals surface area contributed by atoms with Crippen molar-refractivity contribution < 1.29 is 0 Å². The van der Waals surface area contributed by atoms with E-state index in [4.69, 9.17) is 5.73 Å². The Labute approximate surface area is 64.0 Å². The van der Waals surface area contributed by atoms with Crippen LogP contribution in [0.4, 0.5) is 0 Å². The zero-order valence-corrected chi connectivity index (χ0v) is 7.17. The molecule has 1 rings (SSSR count). The number of hydrogen-bond donors (Lipinski definition) is 1. The van der Waals surface area contributed by atoms with Crippen LogP contribution in [0.5, 0.6) is 0 Å². The van der Waals surface area contributed by atoms with Crippen molar-refractivity contribution in [1.29, 1.82) is 0 Å². The summed E-state index contributed by atoms with van der Waals surface area (Å²) < 4.78 is 0. The molecule has 1 aliphatic carbocycles. The lowest BCUT2D eigenvalue weighted by Gasteiger charge is -2.36. The van der Waals surface area contributed by atoms with Crippen LogP contribution in [0.3, 0.4) is 0 Å². The lowest BCUT2D eigenvalue weighted by molar-refractivity contribution is 0.233. The van der Waals surface area contributed by atoms with Gasteiger partial charge in [0.25, 0.3) is 0 Å². The van der Waals surface area contributed by atoms with Gasteiger partial charge in [0.2, 0.25) is 0 Å². The van der Waals surface area contributed by atoms with Crippen molar-refractivity contribution in [3.63, 3.8) is 0 Å². The van der Waals surface area contributed by atoms with E-state index in [9.17, 15) is 0 Å². The first-order valence-corrected chi connectivity index (χ1v) is 4.22. The second-order valence-corrected chi connectivity index (χ2v) is 3.74. The third kappa shape index (κ3) is 1.34. The molecule has 4 atom stereocenters. The molecule has 10 heavy (non-hydrogen) atoms. The Balaban J connectivity index is 2.52. The summed E-state index contributed by atoms with van der Waals surface area (Å²) in [6, 6.07) is 0.417. The molecule has 0 aromatic heterocycles. The molecule has 1 heteroatoms. The second-order valence-electron chi connectivity index (χ2n) is 3.74.